The lowest BCUT2D eigenvalue weighted by atomic mass is 10.1. The van der Waals surface area contributed by atoms with Crippen LogP contribution in [0.15, 0.2) is 42.5 Å². The molecule has 0 fully saturated rings. The van der Waals surface area contributed by atoms with E-state index >= 15 is 0 Å². The lowest BCUT2D eigenvalue weighted by Gasteiger charge is -2.11. The van der Waals surface area contributed by atoms with Crippen LogP contribution in [0.2, 0.25) is 10.0 Å². The van der Waals surface area contributed by atoms with Gasteiger partial charge in [0.1, 0.15) is 0 Å². The zero-order chi connectivity index (χ0) is 15.9. The molecule has 2 aromatic rings. The molecule has 0 aliphatic heterocycles. The first-order chi connectivity index (χ1) is 10.6. The highest BCUT2D eigenvalue weighted by atomic mass is 35.5. The Morgan fingerprint density at radius 2 is 1.55 bits per heavy atom. The predicted molar refractivity (Wildman–Crippen MR) is 101 cm³/mol. The first-order valence-electron chi connectivity index (χ1n) is 7.20. The van der Waals surface area contributed by atoms with Gasteiger partial charge in [-0.05, 0) is 61.0 Å². The van der Waals surface area contributed by atoms with Crippen LogP contribution in [-0.4, -0.2) is 5.11 Å². The number of thiocarbonyl (C=S) groups is 1. The molecule has 116 valence electrons. The average molecular weight is 353 g/mol. The van der Waals surface area contributed by atoms with Crippen LogP contribution in [0, 0.1) is 0 Å². The number of rotatable bonds is 5. The van der Waals surface area contributed by atoms with Crippen molar-refractivity contribution in [2.75, 3.05) is 10.6 Å². The molecule has 0 aliphatic rings. The van der Waals surface area contributed by atoms with Crippen LogP contribution in [0.4, 0.5) is 11.4 Å². The van der Waals surface area contributed by atoms with Gasteiger partial charge in [-0.2, -0.15) is 0 Å². The molecule has 0 aromatic heterocycles. The van der Waals surface area contributed by atoms with E-state index in [0.717, 1.165) is 17.8 Å². The van der Waals surface area contributed by atoms with Gasteiger partial charge in [-0.1, -0.05) is 48.7 Å². The third-order valence-corrected chi connectivity index (χ3v) is 3.79. The summed E-state index contributed by atoms with van der Waals surface area (Å²) in [7, 11) is 0. The number of aryl methyl sites for hydroxylation is 1. The molecule has 2 N–H and O–H groups in total. The summed E-state index contributed by atoms with van der Waals surface area (Å²) in [6.07, 6.45) is 3.53. The molecule has 0 spiro atoms. The van der Waals surface area contributed by atoms with Gasteiger partial charge in [0.05, 0.1) is 0 Å². The summed E-state index contributed by atoms with van der Waals surface area (Å²) < 4.78 is 0. The molecule has 2 rings (SSSR count). The zero-order valence-electron chi connectivity index (χ0n) is 12.3. The van der Waals surface area contributed by atoms with Crippen molar-refractivity contribution < 1.29 is 0 Å². The molecule has 0 amide bonds. The minimum absolute atomic E-state index is 0.500. The second-order valence-electron chi connectivity index (χ2n) is 5.04. The monoisotopic (exact) mass is 352 g/mol. The maximum absolute atomic E-state index is 5.96. The number of nitrogens with one attached hydrogen (secondary N) is 2. The third kappa shape index (κ3) is 5.48. The normalized spacial score (nSPS) is 10.3. The van der Waals surface area contributed by atoms with E-state index in [4.69, 9.17) is 35.4 Å². The number of unbranched alkanes of at least 4 members (excludes halogenated alkanes) is 1. The number of halogens is 2. The zero-order valence-corrected chi connectivity index (χ0v) is 14.7. The standard InChI is InChI=1S/C17H18Cl2N2S/c1-2-3-4-12-5-7-15(8-6-12)20-17(22)21-16-10-13(18)9-14(19)11-16/h5-11H,2-4H2,1H3,(H2,20,21,22). The molecule has 2 aromatic carbocycles. The molecule has 0 radical (unpaired) electrons. The van der Waals surface area contributed by atoms with Gasteiger partial charge in [0.2, 0.25) is 0 Å². The number of hydrogen-bond acceptors (Lipinski definition) is 1. The van der Waals surface area contributed by atoms with E-state index in [-0.39, 0.29) is 0 Å². The van der Waals surface area contributed by atoms with Crippen molar-refractivity contribution in [2.24, 2.45) is 0 Å². The fraction of sp³-hybridized carbons (Fsp3) is 0.235. The smallest absolute Gasteiger partial charge is 0.175 e. The van der Waals surface area contributed by atoms with E-state index in [1.807, 2.05) is 12.1 Å². The Morgan fingerprint density at radius 1 is 0.955 bits per heavy atom. The van der Waals surface area contributed by atoms with Crippen LogP contribution < -0.4 is 10.6 Å². The Balaban J connectivity index is 1.93. The predicted octanol–water partition coefficient (Wildman–Crippen LogP) is 6.14. The summed E-state index contributed by atoms with van der Waals surface area (Å²) >= 11 is 17.2. The lowest BCUT2D eigenvalue weighted by Crippen LogP contribution is -2.19. The molecule has 0 heterocycles. The Morgan fingerprint density at radius 3 is 2.14 bits per heavy atom. The summed E-state index contributed by atoms with van der Waals surface area (Å²) in [5.41, 5.74) is 3.05. The minimum Gasteiger partial charge on any atom is -0.332 e. The van der Waals surface area contributed by atoms with Gasteiger partial charge < -0.3 is 10.6 Å². The maximum Gasteiger partial charge on any atom is 0.175 e. The molecule has 5 heteroatoms. The van der Waals surface area contributed by atoms with E-state index in [1.54, 1.807) is 18.2 Å². The Labute approximate surface area is 146 Å². The third-order valence-electron chi connectivity index (χ3n) is 3.15. The van der Waals surface area contributed by atoms with E-state index in [9.17, 15) is 0 Å². The second kappa shape index (κ2) is 8.37. The van der Waals surface area contributed by atoms with Crippen LogP contribution in [0.25, 0.3) is 0 Å². The average Bonchev–Trinajstić information content (AvgIpc) is 2.45. The van der Waals surface area contributed by atoms with Crippen LogP contribution >= 0.6 is 35.4 Å². The highest BCUT2D eigenvalue weighted by molar-refractivity contribution is 7.80. The Kier molecular flexibility index (Phi) is 6.49. The van der Waals surface area contributed by atoms with Gasteiger partial charge in [0, 0.05) is 21.4 Å². The van der Waals surface area contributed by atoms with Crippen LogP contribution in [-0.2, 0) is 6.42 Å². The van der Waals surface area contributed by atoms with Crippen LogP contribution in [0.5, 0.6) is 0 Å². The molecule has 0 saturated heterocycles. The largest absolute Gasteiger partial charge is 0.332 e. The lowest BCUT2D eigenvalue weighted by molar-refractivity contribution is 0.795. The van der Waals surface area contributed by atoms with Gasteiger partial charge in [-0.25, -0.2) is 0 Å². The number of benzene rings is 2. The summed E-state index contributed by atoms with van der Waals surface area (Å²) in [4.78, 5) is 0. The van der Waals surface area contributed by atoms with Crippen molar-refractivity contribution >= 4 is 51.9 Å². The number of hydrogen-bond donors (Lipinski definition) is 2. The van der Waals surface area contributed by atoms with Gasteiger partial charge in [0.25, 0.3) is 0 Å². The molecule has 0 bridgehead atoms. The Bertz CT molecular complexity index is 621. The van der Waals surface area contributed by atoms with Crippen molar-refractivity contribution in [2.45, 2.75) is 26.2 Å². The molecule has 0 saturated carbocycles. The van der Waals surface area contributed by atoms with E-state index < -0.39 is 0 Å². The summed E-state index contributed by atoms with van der Waals surface area (Å²) in [5.74, 6) is 0. The molecule has 0 aliphatic carbocycles. The fourth-order valence-electron chi connectivity index (χ4n) is 2.06. The van der Waals surface area contributed by atoms with Crippen molar-refractivity contribution in [1.82, 2.24) is 0 Å². The molecule has 22 heavy (non-hydrogen) atoms. The van der Waals surface area contributed by atoms with Crippen LogP contribution in [0.1, 0.15) is 25.3 Å². The summed E-state index contributed by atoms with van der Waals surface area (Å²) in [6.45, 7) is 2.20. The molecular weight excluding hydrogens is 335 g/mol. The second-order valence-corrected chi connectivity index (χ2v) is 6.32. The van der Waals surface area contributed by atoms with E-state index in [0.29, 0.717) is 15.2 Å². The highest BCUT2D eigenvalue weighted by Crippen LogP contribution is 2.22. The molecule has 0 unspecified atom stereocenters. The quantitative estimate of drug-likeness (QED) is 0.631. The van der Waals surface area contributed by atoms with Gasteiger partial charge in [0.15, 0.2) is 5.11 Å². The SMILES string of the molecule is CCCCc1ccc(NC(=S)Nc2cc(Cl)cc(Cl)c2)cc1. The van der Waals surface area contributed by atoms with Gasteiger partial charge in [-0.15, -0.1) is 0 Å². The van der Waals surface area contributed by atoms with Crippen molar-refractivity contribution in [3.63, 3.8) is 0 Å². The van der Waals surface area contributed by atoms with Gasteiger partial charge in [-0.3, -0.25) is 0 Å². The summed E-state index contributed by atoms with van der Waals surface area (Å²) in [5, 5.41) is 7.85. The molecule has 0 atom stereocenters. The first kappa shape index (κ1) is 17.1. The van der Waals surface area contributed by atoms with Crippen LogP contribution in [0.3, 0.4) is 0 Å². The minimum atomic E-state index is 0.500. The van der Waals surface area contributed by atoms with Crippen molar-refractivity contribution in [1.29, 1.82) is 0 Å². The molecular formula is C17H18Cl2N2S. The fourth-order valence-corrected chi connectivity index (χ4v) is 2.82. The first-order valence-corrected chi connectivity index (χ1v) is 8.36. The summed E-state index contributed by atoms with van der Waals surface area (Å²) in [6, 6.07) is 13.5. The number of anilines is 2. The van der Waals surface area contributed by atoms with Crippen molar-refractivity contribution in [3.8, 4) is 0 Å². The van der Waals surface area contributed by atoms with E-state index in [1.165, 1.54) is 18.4 Å². The maximum atomic E-state index is 5.96. The Hall–Kier alpha value is -1.29. The topological polar surface area (TPSA) is 24.1 Å². The molecule has 2 nitrogen and oxygen atoms in total. The highest BCUT2D eigenvalue weighted by Gasteiger charge is 2.02. The van der Waals surface area contributed by atoms with E-state index in [2.05, 4.69) is 29.7 Å². The van der Waals surface area contributed by atoms with Crippen molar-refractivity contribution in [3.05, 3.63) is 58.1 Å². The van der Waals surface area contributed by atoms with Gasteiger partial charge >= 0.3 is 0 Å².